The average molecular weight is 503 g/mol. The first-order valence-electron chi connectivity index (χ1n) is 11.8. The van der Waals surface area contributed by atoms with Crippen LogP contribution >= 0.6 is 0 Å². The first-order valence-corrected chi connectivity index (χ1v) is 11.8. The highest BCUT2D eigenvalue weighted by Gasteiger charge is 2.27. The van der Waals surface area contributed by atoms with Gasteiger partial charge >= 0.3 is 5.97 Å². The topological polar surface area (TPSA) is 113 Å². The number of halogens is 1. The Balaban J connectivity index is 1.52. The third-order valence-electron chi connectivity index (χ3n) is 6.34. The van der Waals surface area contributed by atoms with Gasteiger partial charge < -0.3 is 15.7 Å². The maximum atomic E-state index is 13.5. The molecular formula is C28H27FN4O4. The number of hydrogen-bond acceptors (Lipinski definition) is 4. The van der Waals surface area contributed by atoms with Gasteiger partial charge in [-0.3, -0.25) is 9.59 Å². The SMILES string of the molecule is C=C(/C=C(/C(=O)NC1CCc2cc(C(=O)O)ccc21)n1nccc1C)C(=O)NCc1ccc(F)c(C)c1. The number of rotatable bonds is 8. The van der Waals surface area contributed by atoms with E-state index in [1.807, 2.05) is 0 Å². The number of nitrogens with one attached hydrogen (secondary N) is 2. The molecule has 1 atom stereocenters. The highest BCUT2D eigenvalue weighted by Crippen LogP contribution is 2.32. The van der Waals surface area contributed by atoms with Crippen molar-refractivity contribution in [3.63, 3.8) is 0 Å². The number of carbonyl (C=O) groups excluding carboxylic acids is 2. The van der Waals surface area contributed by atoms with Crippen molar-refractivity contribution in [1.82, 2.24) is 20.4 Å². The smallest absolute Gasteiger partial charge is 0.335 e. The summed E-state index contributed by atoms with van der Waals surface area (Å²) in [5.74, 6) is -2.25. The van der Waals surface area contributed by atoms with Crippen molar-refractivity contribution >= 4 is 23.5 Å². The third-order valence-corrected chi connectivity index (χ3v) is 6.34. The quantitative estimate of drug-likeness (QED) is 0.320. The van der Waals surface area contributed by atoms with Gasteiger partial charge in [-0.25, -0.2) is 13.9 Å². The van der Waals surface area contributed by atoms with Gasteiger partial charge in [-0.05, 0) is 79.3 Å². The van der Waals surface area contributed by atoms with E-state index in [9.17, 15) is 23.9 Å². The lowest BCUT2D eigenvalue weighted by Gasteiger charge is -2.17. The van der Waals surface area contributed by atoms with Gasteiger partial charge in [0.15, 0.2) is 0 Å². The number of hydrogen-bond donors (Lipinski definition) is 3. The maximum Gasteiger partial charge on any atom is 0.335 e. The van der Waals surface area contributed by atoms with Gasteiger partial charge in [0, 0.05) is 24.0 Å². The molecule has 1 heterocycles. The van der Waals surface area contributed by atoms with Gasteiger partial charge in [0.2, 0.25) is 0 Å². The van der Waals surface area contributed by atoms with E-state index in [1.165, 1.54) is 22.9 Å². The van der Waals surface area contributed by atoms with E-state index < -0.39 is 17.8 Å². The Kier molecular flexibility index (Phi) is 7.33. The minimum Gasteiger partial charge on any atom is -0.478 e. The van der Waals surface area contributed by atoms with Crippen LogP contribution in [0.1, 0.15) is 50.8 Å². The summed E-state index contributed by atoms with van der Waals surface area (Å²) >= 11 is 0. The van der Waals surface area contributed by atoms with Crippen LogP contribution in [-0.4, -0.2) is 32.7 Å². The van der Waals surface area contributed by atoms with Gasteiger partial charge in [-0.15, -0.1) is 0 Å². The standard InChI is InChI=1S/C28H27FN4O4/c1-16-12-19(4-8-23(16)29)15-30-26(34)17(2)13-25(33-18(3)10-11-31-33)27(35)32-24-9-6-20-14-21(28(36)37)5-7-22(20)24/h4-5,7-8,10-14,24H,2,6,9,15H2,1,3H3,(H,30,34)(H,32,35)(H,36,37)/b25-13-. The van der Waals surface area contributed by atoms with Gasteiger partial charge in [-0.1, -0.05) is 24.8 Å². The van der Waals surface area contributed by atoms with Crippen LogP contribution in [0, 0.1) is 19.7 Å². The molecule has 1 aliphatic carbocycles. The number of aromatic nitrogens is 2. The van der Waals surface area contributed by atoms with Crippen molar-refractivity contribution in [3.05, 3.63) is 106 Å². The average Bonchev–Trinajstić information content (AvgIpc) is 3.48. The Labute approximate surface area is 213 Å². The molecule has 1 aromatic heterocycles. The van der Waals surface area contributed by atoms with E-state index >= 15 is 0 Å². The fourth-order valence-electron chi connectivity index (χ4n) is 4.32. The molecule has 0 aliphatic heterocycles. The predicted octanol–water partition coefficient (Wildman–Crippen LogP) is 3.85. The van der Waals surface area contributed by atoms with Crippen molar-refractivity contribution in [2.24, 2.45) is 0 Å². The molecule has 0 saturated heterocycles. The first kappa shape index (κ1) is 25.6. The monoisotopic (exact) mass is 502 g/mol. The number of amides is 2. The molecule has 2 aromatic carbocycles. The van der Waals surface area contributed by atoms with Crippen LogP contribution in [0.3, 0.4) is 0 Å². The van der Waals surface area contributed by atoms with E-state index in [0.29, 0.717) is 24.1 Å². The Morgan fingerprint density at radius 2 is 1.95 bits per heavy atom. The fourth-order valence-corrected chi connectivity index (χ4v) is 4.32. The molecule has 0 spiro atoms. The largest absolute Gasteiger partial charge is 0.478 e. The van der Waals surface area contributed by atoms with Crippen molar-refractivity contribution in [2.45, 2.75) is 39.3 Å². The molecule has 2 amide bonds. The molecule has 1 aliphatic rings. The van der Waals surface area contributed by atoms with Crippen LogP contribution < -0.4 is 10.6 Å². The van der Waals surface area contributed by atoms with E-state index in [2.05, 4.69) is 22.3 Å². The van der Waals surface area contributed by atoms with Crippen LogP contribution in [0.2, 0.25) is 0 Å². The lowest BCUT2D eigenvalue weighted by atomic mass is 10.0. The molecular weight excluding hydrogens is 475 g/mol. The maximum absolute atomic E-state index is 13.5. The molecule has 3 N–H and O–H groups in total. The van der Waals surface area contributed by atoms with Crippen molar-refractivity contribution < 1.29 is 23.9 Å². The summed E-state index contributed by atoms with van der Waals surface area (Å²) in [5.41, 5.74) is 4.02. The zero-order valence-electron chi connectivity index (χ0n) is 20.5. The van der Waals surface area contributed by atoms with Gasteiger partial charge in [0.1, 0.15) is 11.5 Å². The summed E-state index contributed by atoms with van der Waals surface area (Å²) in [6.07, 6.45) is 4.19. The number of nitrogens with zero attached hydrogens (tertiary/aromatic N) is 2. The van der Waals surface area contributed by atoms with Crippen molar-refractivity contribution in [1.29, 1.82) is 0 Å². The number of fused-ring (bicyclic) bond motifs is 1. The zero-order valence-corrected chi connectivity index (χ0v) is 20.5. The normalized spacial score (nSPS) is 14.7. The van der Waals surface area contributed by atoms with Crippen molar-refractivity contribution in [3.8, 4) is 0 Å². The summed E-state index contributed by atoms with van der Waals surface area (Å²) in [6.45, 7) is 7.43. The lowest BCUT2D eigenvalue weighted by molar-refractivity contribution is -0.117. The summed E-state index contributed by atoms with van der Waals surface area (Å²) in [5, 5.41) is 19.2. The van der Waals surface area contributed by atoms with Crippen LogP contribution in [0.5, 0.6) is 0 Å². The third kappa shape index (κ3) is 5.66. The summed E-state index contributed by atoms with van der Waals surface area (Å²) in [4.78, 5) is 37.4. The zero-order chi connectivity index (χ0) is 26.7. The lowest BCUT2D eigenvalue weighted by Crippen LogP contribution is -2.31. The van der Waals surface area contributed by atoms with E-state index in [4.69, 9.17) is 0 Å². The molecule has 0 saturated carbocycles. The number of carbonyl (C=O) groups is 3. The summed E-state index contributed by atoms with van der Waals surface area (Å²) in [6, 6.07) is 10.9. The number of benzene rings is 2. The number of carboxylic acid groups (broad SMARTS) is 1. The van der Waals surface area contributed by atoms with Crippen LogP contribution in [0.15, 0.2) is 66.9 Å². The van der Waals surface area contributed by atoms with Gasteiger partial charge in [0.05, 0.1) is 11.6 Å². The van der Waals surface area contributed by atoms with E-state index in [0.717, 1.165) is 16.7 Å². The van der Waals surface area contributed by atoms with Crippen LogP contribution in [0.25, 0.3) is 5.70 Å². The Hall–Kier alpha value is -4.53. The summed E-state index contributed by atoms with van der Waals surface area (Å²) < 4.78 is 14.9. The molecule has 0 fully saturated rings. The van der Waals surface area contributed by atoms with Crippen LogP contribution in [-0.2, 0) is 22.6 Å². The molecule has 0 bridgehead atoms. The minimum atomic E-state index is -0.999. The Bertz CT molecular complexity index is 1440. The highest BCUT2D eigenvalue weighted by atomic mass is 19.1. The molecule has 190 valence electrons. The molecule has 3 aromatic rings. The number of aryl methyl sites for hydroxylation is 3. The Morgan fingerprint density at radius 1 is 1.16 bits per heavy atom. The molecule has 37 heavy (non-hydrogen) atoms. The number of aromatic carboxylic acids is 1. The second-order valence-corrected chi connectivity index (χ2v) is 8.99. The van der Waals surface area contributed by atoms with E-state index in [-0.39, 0.29) is 35.2 Å². The van der Waals surface area contributed by atoms with Crippen LogP contribution in [0.4, 0.5) is 4.39 Å². The summed E-state index contributed by atoms with van der Waals surface area (Å²) in [7, 11) is 0. The second kappa shape index (κ2) is 10.6. The molecule has 1 unspecified atom stereocenters. The van der Waals surface area contributed by atoms with Crippen molar-refractivity contribution in [2.75, 3.05) is 0 Å². The fraction of sp³-hybridized carbons (Fsp3) is 0.214. The van der Waals surface area contributed by atoms with Gasteiger partial charge in [-0.2, -0.15) is 5.10 Å². The molecule has 0 radical (unpaired) electrons. The number of carboxylic acids is 1. The first-order chi connectivity index (χ1) is 17.6. The molecule has 4 rings (SSSR count). The predicted molar refractivity (Wildman–Crippen MR) is 136 cm³/mol. The van der Waals surface area contributed by atoms with Gasteiger partial charge in [0.25, 0.3) is 11.8 Å². The highest BCUT2D eigenvalue weighted by molar-refractivity contribution is 6.16. The van der Waals surface area contributed by atoms with E-state index in [1.54, 1.807) is 50.4 Å². The Morgan fingerprint density at radius 3 is 2.62 bits per heavy atom. The molecule has 9 heteroatoms. The molecule has 8 nitrogen and oxygen atoms in total. The minimum absolute atomic E-state index is 0.0526. The second-order valence-electron chi connectivity index (χ2n) is 8.99.